The van der Waals surface area contributed by atoms with E-state index in [1.165, 1.54) is 4.31 Å². The quantitative estimate of drug-likeness (QED) is 0.879. The van der Waals surface area contributed by atoms with E-state index in [4.69, 9.17) is 0 Å². The van der Waals surface area contributed by atoms with E-state index in [9.17, 15) is 13.2 Å². The topological polar surface area (TPSA) is 98.9 Å². The third-order valence-electron chi connectivity index (χ3n) is 3.99. The molecular formula is C14H18N4O3S. The lowest BCUT2D eigenvalue weighted by Crippen LogP contribution is -2.38. The number of aromatic nitrogens is 3. The van der Waals surface area contributed by atoms with Crippen LogP contribution in [0.25, 0.3) is 0 Å². The first-order valence-corrected chi connectivity index (χ1v) is 8.62. The Morgan fingerprint density at radius 2 is 2.00 bits per heavy atom. The molecule has 0 radical (unpaired) electrons. The maximum Gasteiger partial charge on any atom is 0.340 e. The standard InChI is InChI=1S/C14H18N4O3S/c1-10-3-2-4-12(9-10)22(20,21)18-7-5-11(6-8-18)13-15-14(19)17-16-13/h2-4,9,11H,5-8H2,1H3,(H2,15,16,17,19). The van der Waals surface area contributed by atoms with Crippen molar-refractivity contribution in [2.75, 3.05) is 13.1 Å². The first kappa shape index (κ1) is 15.0. The van der Waals surface area contributed by atoms with Crippen molar-refractivity contribution in [2.24, 2.45) is 0 Å². The molecule has 0 bridgehead atoms. The van der Waals surface area contributed by atoms with E-state index in [1.54, 1.807) is 18.2 Å². The van der Waals surface area contributed by atoms with Crippen LogP contribution in [0.2, 0.25) is 0 Å². The Morgan fingerprint density at radius 1 is 1.27 bits per heavy atom. The van der Waals surface area contributed by atoms with E-state index in [0.717, 1.165) is 5.56 Å². The van der Waals surface area contributed by atoms with Crippen molar-refractivity contribution in [2.45, 2.75) is 30.6 Å². The third kappa shape index (κ3) is 2.84. The lowest BCUT2D eigenvalue weighted by Gasteiger charge is -2.30. The maximum atomic E-state index is 12.6. The molecule has 2 N–H and O–H groups in total. The number of nitrogens with one attached hydrogen (secondary N) is 2. The molecule has 22 heavy (non-hydrogen) atoms. The summed E-state index contributed by atoms with van der Waals surface area (Å²) in [4.78, 5) is 14.1. The number of nitrogens with zero attached hydrogens (tertiary/aromatic N) is 2. The Morgan fingerprint density at radius 3 is 2.59 bits per heavy atom. The van der Waals surface area contributed by atoms with Crippen LogP contribution < -0.4 is 5.69 Å². The average molecular weight is 322 g/mol. The molecule has 0 spiro atoms. The van der Waals surface area contributed by atoms with Crippen LogP contribution >= 0.6 is 0 Å². The van der Waals surface area contributed by atoms with Crippen LogP contribution in [0.1, 0.15) is 30.1 Å². The lowest BCUT2D eigenvalue weighted by atomic mass is 9.98. The van der Waals surface area contributed by atoms with Gasteiger partial charge in [-0.15, -0.1) is 0 Å². The Balaban J connectivity index is 1.74. The molecule has 0 unspecified atom stereocenters. The molecule has 0 aliphatic carbocycles. The molecule has 1 saturated heterocycles. The van der Waals surface area contributed by atoms with Gasteiger partial charge in [-0.05, 0) is 37.5 Å². The zero-order valence-electron chi connectivity index (χ0n) is 12.2. The number of aryl methyl sites for hydroxylation is 1. The fraction of sp³-hybridized carbons (Fsp3) is 0.429. The van der Waals surface area contributed by atoms with Crippen molar-refractivity contribution < 1.29 is 8.42 Å². The normalized spacial score (nSPS) is 17.7. The number of aromatic amines is 2. The summed E-state index contributed by atoms with van der Waals surface area (Å²) in [6, 6.07) is 6.94. The Hall–Kier alpha value is -1.93. The molecule has 1 aromatic carbocycles. The molecule has 2 heterocycles. The maximum absolute atomic E-state index is 12.6. The van der Waals surface area contributed by atoms with Crippen molar-refractivity contribution in [1.29, 1.82) is 0 Å². The summed E-state index contributed by atoms with van der Waals surface area (Å²) >= 11 is 0. The van der Waals surface area contributed by atoms with Crippen LogP contribution in [0.15, 0.2) is 34.0 Å². The predicted octanol–water partition coefficient (Wildman–Crippen LogP) is 0.975. The van der Waals surface area contributed by atoms with Crippen molar-refractivity contribution in [1.82, 2.24) is 19.5 Å². The van der Waals surface area contributed by atoms with E-state index in [0.29, 0.717) is 36.7 Å². The fourth-order valence-electron chi connectivity index (χ4n) is 2.77. The monoisotopic (exact) mass is 322 g/mol. The molecule has 7 nitrogen and oxygen atoms in total. The van der Waals surface area contributed by atoms with Gasteiger partial charge < -0.3 is 0 Å². The summed E-state index contributed by atoms with van der Waals surface area (Å²) in [5.74, 6) is 0.695. The Kier molecular flexibility index (Phi) is 3.88. The predicted molar refractivity (Wildman–Crippen MR) is 81.1 cm³/mol. The Labute approximate surface area is 128 Å². The van der Waals surface area contributed by atoms with E-state index < -0.39 is 10.0 Å². The van der Waals surface area contributed by atoms with Crippen molar-refractivity contribution in [3.8, 4) is 0 Å². The third-order valence-corrected chi connectivity index (χ3v) is 5.88. The minimum Gasteiger partial charge on any atom is -0.293 e. The number of H-pyrrole nitrogens is 2. The molecule has 3 rings (SSSR count). The average Bonchev–Trinajstić information content (AvgIpc) is 2.94. The molecule has 1 aliphatic rings. The van der Waals surface area contributed by atoms with Gasteiger partial charge in [0.2, 0.25) is 10.0 Å². The van der Waals surface area contributed by atoms with Gasteiger partial charge in [-0.1, -0.05) is 12.1 Å². The van der Waals surface area contributed by atoms with Gasteiger partial charge in [0.15, 0.2) is 0 Å². The molecule has 2 aromatic rings. The summed E-state index contributed by atoms with van der Waals surface area (Å²) in [6.45, 7) is 2.73. The van der Waals surface area contributed by atoms with Gasteiger partial charge in [0.1, 0.15) is 5.82 Å². The highest BCUT2D eigenvalue weighted by Crippen LogP contribution is 2.28. The summed E-state index contributed by atoms with van der Waals surface area (Å²) in [6.07, 6.45) is 1.29. The van der Waals surface area contributed by atoms with E-state index in [-0.39, 0.29) is 11.6 Å². The van der Waals surface area contributed by atoms with Gasteiger partial charge in [0.05, 0.1) is 4.90 Å². The Bertz CT molecular complexity index is 816. The van der Waals surface area contributed by atoms with Gasteiger partial charge in [-0.2, -0.15) is 9.40 Å². The molecule has 1 aromatic heterocycles. The minimum atomic E-state index is -3.45. The zero-order chi connectivity index (χ0) is 15.7. The van der Waals surface area contributed by atoms with Gasteiger partial charge in [0, 0.05) is 19.0 Å². The van der Waals surface area contributed by atoms with Crippen molar-refractivity contribution in [3.63, 3.8) is 0 Å². The molecule has 118 valence electrons. The van der Waals surface area contributed by atoms with Crippen LogP contribution in [-0.4, -0.2) is 41.0 Å². The van der Waals surface area contributed by atoms with Crippen LogP contribution in [0.3, 0.4) is 0 Å². The van der Waals surface area contributed by atoms with Crippen molar-refractivity contribution >= 4 is 10.0 Å². The van der Waals surface area contributed by atoms with Crippen LogP contribution in [0.4, 0.5) is 0 Å². The second-order valence-electron chi connectivity index (χ2n) is 5.56. The highest BCUT2D eigenvalue weighted by molar-refractivity contribution is 7.89. The minimum absolute atomic E-state index is 0.0860. The molecule has 0 atom stereocenters. The molecule has 0 amide bonds. The number of hydrogen-bond donors (Lipinski definition) is 2. The first-order chi connectivity index (χ1) is 10.5. The zero-order valence-corrected chi connectivity index (χ0v) is 13.1. The number of sulfonamides is 1. The molecule has 0 saturated carbocycles. The van der Waals surface area contributed by atoms with Gasteiger partial charge >= 0.3 is 5.69 Å². The van der Waals surface area contributed by atoms with Gasteiger partial charge in [0.25, 0.3) is 0 Å². The second kappa shape index (κ2) is 5.69. The lowest BCUT2D eigenvalue weighted by molar-refractivity contribution is 0.313. The molecule has 1 fully saturated rings. The summed E-state index contributed by atoms with van der Waals surface area (Å²) in [5.41, 5.74) is 0.592. The molecule has 8 heteroatoms. The van der Waals surface area contributed by atoms with Crippen molar-refractivity contribution in [3.05, 3.63) is 46.1 Å². The fourth-order valence-corrected chi connectivity index (χ4v) is 4.35. The largest absolute Gasteiger partial charge is 0.340 e. The van der Waals surface area contributed by atoms with Crippen LogP contribution in [-0.2, 0) is 10.0 Å². The summed E-state index contributed by atoms with van der Waals surface area (Å²) in [7, 11) is -3.45. The highest BCUT2D eigenvalue weighted by Gasteiger charge is 2.31. The van der Waals surface area contributed by atoms with E-state index in [1.807, 2.05) is 13.0 Å². The van der Waals surface area contributed by atoms with Crippen LogP contribution in [0.5, 0.6) is 0 Å². The van der Waals surface area contributed by atoms with Gasteiger partial charge in [-0.25, -0.2) is 18.3 Å². The van der Waals surface area contributed by atoms with E-state index in [2.05, 4.69) is 15.2 Å². The smallest absolute Gasteiger partial charge is 0.293 e. The highest BCUT2D eigenvalue weighted by atomic mass is 32.2. The number of benzene rings is 1. The first-order valence-electron chi connectivity index (χ1n) is 7.18. The van der Waals surface area contributed by atoms with Gasteiger partial charge in [-0.3, -0.25) is 4.98 Å². The number of hydrogen-bond acceptors (Lipinski definition) is 4. The molecular weight excluding hydrogens is 304 g/mol. The molecule has 1 aliphatic heterocycles. The van der Waals surface area contributed by atoms with E-state index >= 15 is 0 Å². The number of piperidine rings is 1. The number of rotatable bonds is 3. The second-order valence-corrected chi connectivity index (χ2v) is 7.50. The SMILES string of the molecule is Cc1cccc(S(=O)(=O)N2CCC(c3n[nH]c(=O)[nH]3)CC2)c1. The summed E-state index contributed by atoms with van der Waals surface area (Å²) < 4.78 is 26.8. The summed E-state index contributed by atoms with van der Waals surface area (Å²) in [5, 5.41) is 6.28. The van der Waals surface area contributed by atoms with Crippen LogP contribution in [0, 0.1) is 6.92 Å².